The van der Waals surface area contributed by atoms with Gasteiger partial charge in [0.2, 0.25) is 0 Å². The van der Waals surface area contributed by atoms with Crippen molar-refractivity contribution < 1.29 is 9.63 Å². The van der Waals surface area contributed by atoms with Gasteiger partial charge >= 0.3 is 0 Å². The molecule has 0 saturated carbocycles. The van der Waals surface area contributed by atoms with Gasteiger partial charge in [0.25, 0.3) is 5.91 Å². The van der Waals surface area contributed by atoms with Crippen molar-refractivity contribution in [1.29, 1.82) is 0 Å². The number of hydrogen-bond donors (Lipinski definition) is 1. The second-order valence-corrected chi connectivity index (χ2v) is 6.98. The number of aryl methyl sites for hydroxylation is 2. The summed E-state index contributed by atoms with van der Waals surface area (Å²) in [6.07, 6.45) is 0. The van der Waals surface area contributed by atoms with Crippen molar-refractivity contribution in [3.05, 3.63) is 22.0 Å². The van der Waals surface area contributed by atoms with Crippen LogP contribution in [-0.4, -0.2) is 22.5 Å². The van der Waals surface area contributed by atoms with Crippen molar-refractivity contribution in [2.75, 3.05) is 6.61 Å². The van der Waals surface area contributed by atoms with Crippen LogP contribution >= 0.6 is 11.3 Å². The predicted molar refractivity (Wildman–Crippen MR) is 84.7 cm³/mol. The minimum Gasteiger partial charge on any atom is -0.274 e. The molecule has 114 valence electrons. The van der Waals surface area contributed by atoms with Crippen LogP contribution in [0.25, 0.3) is 10.2 Å². The Bertz CT molecular complexity index is 686. The van der Waals surface area contributed by atoms with E-state index in [4.69, 9.17) is 4.84 Å². The summed E-state index contributed by atoms with van der Waals surface area (Å²) >= 11 is 1.38. The van der Waals surface area contributed by atoms with Gasteiger partial charge < -0.3 is 0 Å². The van der Waals surface area contributed by atoms with Gasteiger partial charge in [0.1, 0.15) is 10.7 Å². The van der Waals surface area contributed by atoms with Crippen LogP contribution < -0.4 is 5.48 Å². The number of rotatable bonds is 3. The number of carbonyl (C=O) groups excluding carboxylic acids is 1. The van der Waals surface area contributed by atoms with Crippen LogP contribution in [0.4, 0.5) is 0 Å². The summed E-state index contributed by atoms with van der Waals surface area (Å²) in [6.45, 7) is 12.4. The van der Waals surface area contributed by atoms with E-state index >= 15 is 0 Å². The maximum absolute atomic E-state index is 12.1. The van der Waals surface area contributed by atoms with Gasteiger partial charge in [-0.1, -0.05) is 20.8 Å². The normalized spacial score (nSPS) is 11.9. The fraction of sp³-hybridized carbons (Fsp3) is 0.533. The minimum absolute atomic E-state index is 0.120. The third-order valence-corrected chi connectivity index (χ3v) is 4.34. The van der Waals surface area contributed by atoms with E-state index in [9.17, 15) is 4.79 Å². The molecule has 6 heteroatoms. The monoisotopic (exact) mass is 307 g/mol. The fourth-order valence-electron chi connectivity index (χ4n) is 2.08. The number of amides is 1. The molecule has 0 saturated heterocycles. The molecule has 2 heterocycles. The molecule has 2 aromatic rings. The topological polar surface area (TPSA) is 64.1 Å². The van der Waals surface area contributed by atoms with Crippen LogP contribution in [0.3, 0.4) is 0 Å². The molecule has 0 atom stereocenters. The van der Waals surface area contributed by atoms with Crippen LogP contribution in [0.5, 0.6) is 0 Å². The maximum Gasteiger partial charge on any atom is 0.285 e. The molecule has 0 unspecified atom stereocenters. The van der Waals surface area contributed by atoms with E-state index < -0.39 is 0 Å². The smallest absolute Gasteiger partial charge is 0.274 e. The second kappa shape index (κ2) is 5.69. The number of hydrogen-bond acceptors (Lipinski definition) is 5. The molecule has 21 heavy (non-hydrogen) atoms. The Hall–Kier alpha value is -1.53. The summed E-state index contributed by atoms with van der Waals surface area (Å²) in [5.74, 6) is 0.569. The molecule has 0 bridgehead atoms. The van der Waals surface area contributed by atoms with E-state index in [0.717, 1.165) is 27.3 Å². The molecule has 0 fully saturated rings. The fourth-order valence-corrected chi connectivity index (χ4v) is 3.19. The Morgan fingerprint density at radius 2 is 1.95 bits per heavy atom. The molecule has 5 nitrogen and oxygen atoms in total. The van der Waals surface area contributed by atoms with Crippen LogP contribution in [0, 0.1) is 13.8 Å². The van der Waals surface area contributed by atoms with Crippen LogP contribution in [-0.2, 0) is 10.3 Å². The molecular weight excluding hydrogens is 286 g/mol. The molecule has 2 aromatic heterocycles. The number of thiophene rings is 1. The first kappa shape index (κ1) is 15.9. The summed E-state index contributed by atoms with van der Waals surface area (Å²) in [5.41, 5.74) is 4.14. The van der Waals surface area contributed by atoms with Crippen molar-refractivity contribution in [3.8, 4) is 0 Å². The van der Waals surface area contributed by atoms with Crippen molar-refractivity contribution in [1.82, 2.24) is 15.4 Å². The minimum atomic E-state index is -0.228. The number of aromatic nitrogens is 2. The van der Waals surface area contributed by atoms with E-state index in [2.05, 4.69) is 36.2 Å². The molecule has 1 N–H and O–H groups in total. The molecule has 0 aliphatic carbocycles. The number of fused-ring (bicyclic) bond motifs is 1. The SMILES string of the molecule is CCONC(=O)c1sc2nc(C(C)(C)C)nc(C)c2c1C. The molecule has 0 aromatic carbocycles. The number of hydroxylamine groups is 1. The highest BCUT2D eigenvalue weighted by molar-refractivity contribution is 7.20. The van der Waals surface area contributed by atoms with Crippen molar-refractivity contribution >= 4 is 27.5 Å². The summed E-state index contributed by atoms with van der Waals surface area (Å²) in [7, 11) is 0. The Morgan fingerprint density at radius 3 is 2.52 bits per heavy atom. The summed E-state index contributed by atoms with van der Waals surface area (Å²) in [5, 5.41) is 0.967. The molecule has 0 aliphatic rings. The molecule has 2 rings (SSSR count). The molecule has 0 radical (unpaired) electrons. The van der Waals surface area contributed by atoms with Gasteiger partial charge in [-0.3, -0.25) is 9.63 Å². The summed E-state index contributed by atoms with van der Waals surface area (Å²) < 4.78 is 0. The molecule has 0 spiro atoms. The first-order chi connectivity index (χ1) is 9.75. The first-order valence-electron chi connectivity index (χ1n) is 6.96. The summed E-state index contributed by atoms with van der Waals surface area (Å²) in [4.78, 5) is 27.8. The lowest BCUT2D eigenvalue weighted by atomic mass is 9.95. The van der Waals surface area contributed by atoms with E-state index in [0.29, 0.717) is 11.5 Å². The highest BCUT2D eigenvalue weighted by Gasteiger charge is 2.23. The zero-order chi connectivity index (χ0) is 15.8. The van der Waals surface area contributed by atoms with E-state index in [-0.39, 0.29) is 11.3 Å². The summed E-state index contributed by atoms with van der Waals surface area (Å²) in [6, 6.07) is 0. The lowest BCUT2D eigenvalue weighted by molar-refractivity contribution is 0.0368. The third-order valence-electron chi connectivity index (χ3n) is 3.16. The van der Waals surface area contributed by atoms with Crippen molar-refractivity contribution in [2.24, 2.45) is 0 Å². The van der Waals surface area contributed by atoms with Gasteiger partial charge in [0.15, 0.2) is 0 Å². The Balaban J connectivity index is 2.55. The van der Waals surface area contributed by atoms with Gasteiger partial charge in [-0.2, -0.15) is 0 Å². The van der Waals surface area contributed by atoms with Crippen LogP contribution in [0.1, 0.15) is 54.4 Å². The molecular formula is C15H21N3O2S. The number of nitrogens with one attached hydrogen (secondary N) is 1. The van der Waals surface area contributed by atoms with E-state index in [1.54, 1.807) is 0 Å². The van der Waals surface area contributed by atoms with Gasteiger partial charge in [-0.05, 0) is 26.3 Å². The number of carbonyl (C=O) groups is 1. The first-order valence-corrected chi connectivity index (χ1v) is 7.77. The van der Waals surface area contributed by atoms with E-state index in [1.165, 1.54) is 11.3 Å². The average Bonchev–Trinajstić information content (AvgIpc) is 2.73. The Kier molecular flexibility index (Phi) is 4.30. The van der Waals surface area contributed by atoms with Gasteiger partial charge in [-0.15, -0.1) is 11.3 Å². The zero-order valence-electron chi connectivity index (χ0n) is 13.3. The Labute approximate surface area is 128 Å². The third kappa shape index (κ3) is 3.06. The zero-order valence-corrected chi connectivity index (χ0v) is 14.1. The number of nitrogens with zero attached hydrogens (tertiary/aromatic N) is 2. The van der Waals surface area contributed by atoms with Crippen LogP contribution in [0.2, 0.25) is 0 Å². The van der Waals surface area contributed by atoms with Gasteiger partial charge in [-0.25, -0.2) is 15.4 Å². The molecule has 0 aliphatic heterocycles. The second-order valence-electron chi connectivity index (χ2n) is 5.98. The van der Waals surface area contributed by atoms with Crippen LogP contribution in [0.15, 0.2) is 0 Å². The lowest BCUT2D eigenvalue weighted by Crippen LogP contribution is -2.23. The highest BCUT2D eigenvalue weighted by Crippen LogP contribution is 2.33. The largest absolute Gasteiger partial charge is 0.285 e. The maximum atomic E-state index is 12.1. The highest BCUT2D eigenvalue weighted by atomic mass is 32.1. The van der Waals surface area contributed by atoms with Gasteiger partial charge in [0.05, 0.1) is 17.2 Å². The average molecular weight is 307 g/mol. The van der Waals surface area contributed by atoms with Gasteiger partial charge in [0, 0.05) is 10.8 Å². The predicted octanol–water partition coefficient (Wildman–Crippen LogP) is 3.29. The van der Waals surface area contributed by atoms with Crippen molar-refractivity contribution in [3.63, 3.8) is 0 Å². The lowest BCUT2D eigenvalue weighted by Gasteiger charge is -2.16. The standard InChI is InChI=1S/C15H21N3O2S/c1-7-20-18-12(19)11-8(2)10-9(3)16-14(15(4,5)6)17-13(10)21-11/h7H2,1-6H3,(H,18,19). The van der Waals surface area contributed by atoms with Crippen molar-refractivity contribution in [2.45, 2.75) is 47.0 Å². The molecule has 1 amide bonds. The van der Waals surface area contributed by atoms with E-state index in [1.807, 2.05) is 20.8 Å². The Morgan fingerprint density at radius 1 is 1.29 bits per heavy atom. The quantitative estimate of drug-likeness (QED) is 0.884.